The first-order valence-corrected chi connectivity index (χ1v) is 9.15. The predicted molar refractivity (Wildman–Crippen MR) is 102 cm³/mol. The van der Waals surface area contributed by atoms with Gasteiger partial charge in [0.15, 0.2) is 5.82 Å². The lowest BCUT2D eigenvalue weighted by atomic mass is 10.1. The first kappa shape index (κ1) is 18.2. The van der Waals surface area contributed by atoms with Crippen molar-refractivity contribution in [1.29, 1.82) is 0 Å². The van der Waals surface area contributed by atoms with Crippen LogP contribution in [0.15, 0.2) is 18.2 Å². The second kappa shape index (κ2) is 7.32. The van der Waals surface area contributed by atoms with Gasteiger partial charge in [0.1, 0.15) is 5.69 Å². The molecule has 2 heterocycles. The molecular weight excluding hydrogens is 328 g/mol. The summed E-state index contributed by atoms with van der Waals surface area (Å²) in [7, 11) is 0. The van der Waals surface area contributed by atoms with Gasteiger partial charge in [-0.15, -0.1) is 0 Å². The van der Waals surface area contributed by atoms with Crippen molar-refractivity contribution in [2.75, 3.05) is 5.32 Å². The van der Waals surface area contributed by atoms with E-state index in [0.717, 1.165) is 41.8 Å². The minimum Gasteiger partial charge on any atom is -0.348 e. The second-order valence-electron chi connectivity index (χ2n) is 7.30. The van der Waals surface area contributed by atoms with Crippen molar-refractivity contribution in [3.05, 3.63) is 46.5 Å². The maximum absolute atomic E-state index is 12.8. The van der Waals surface area contributed by atoms with Crippen molar-refractivity contribution in [3.63, 3.8) is 0 Å². The number of amides is 2. The number of rotatable bonds is 4. The van der Waals surface area contributed by atoms with E-state index < -0.39 is 0 Å². The predicted octanol–water partition coefficient (Wildman–Crippen LogP) is 3.23. The zero-order chi connectivity index (χ0) is 18.8. The Kier molecular flexibility index (Phi) is 5.11. The third kappa shape index (κ3) is 3.79. The molecule has 2 aromatic rings. The topological polar surface area (TPSA) is 76.0 Å². The number of aromatic nitrogens is 2. The smallest absolute Gasteiger partial charge is 0.291 e. The molecule has 0 saturated carbocycles. The van der Waals surface area contributed by atoms with Gasteiger partial charge in [0.2, 0.25) is 0 Å². The number of carbonyl (C=O) groups excluding carboxylic acids is 2. The molecule has 0 atom stereocenters. The molecule has 0 fully saturated rings. The molecule has 0 aliphatic carbocycles. The number of imidazole rings is 1. The van der Waals surface area contributed by atoms with Gasteiger partial charge >= 0.3 is 0 Å². The van der Waals surface area contributed by atoms with Crippen LogP contribution in [0.2, 0.25) is 0 Å². The fraction of sp³-hybridized carbons (Fsp3) is 0.450. The van der Waals surface area contributed by atoms with Crippen molar-refractivity contribution in [3.8, 4) is 0 Å². The van der Waals surface area contributed by atoms with Crippen LogP contribution >= 0.6 is 0 Å². The van der Waals surface area contributed by atoms with E-state index in [0.29, 0.717) is 18.1 Å². The van der Waals surface area contributed by atoms with Crippen molar-refractivity contribution in [2.24, 2.45) is 0 Å². The number of hydrogen-bond donors (Lipinski definition) is 2. The third-order valence-electron chi connectivity index (χ3n) is 4.44. The number of nitrogens with zero attached hydrogens (tertiary/aromatic N) is 2. The van der Waals surface area contributed by atoms with Gasteiger partial charge in [-0.3, -0.25) is 9.59 Å². The molecule has 1 aromatic carbocycles. The molecule has 0 radical (unpaired) electrons. The van der Waals surface area contributed by atoms with E-state index >= 15 is 0 Å². The van der Waals surface area contributed by atoms with Gasteiger partial charge in [-0.05, 0) is 70.2 Å². The van der Waals surface area contributed by atoms with Gasteiger partial charge in [-0.25, -0.2) is 4.98 Å². The maximum Gasteiger partial charge on any atom is 0.291 e. The van der Waals surface area contributed by atoms with E-state index in [1.807, 2.05) is 44.4 Å². The molecule has 0 unspecified atom stereocenters. The van der Waals surface area contributed by atoms with Crippen molar-refractivity contribution in [2.45, 2.75) is 59.5 Å². The van der Waals surface area contributed by atoms with E-state index in [1.165, 1.54) is 0 Å². The summed E-state index contributed by atoms with van der Waals surface area (Å²) in [6.07, 6.45) is 2.76. The average molecular weight is 354 g/mol. The molecule has 3 rings (SSSR count). The molecule has 0 saturated heterocycles. The largest absolute Gasteiger partial charge is 0.348 e. The van der Waals surface area contributed by atoms with Crippen LogP contribution in [0.4, 0.5) is 5.69 Å². The summed E-state index contributed by atoms with van der Waals surface area (Å²) in [6, 6.07) is 5.94. The lowest BCUT2D eigenvalue weighted by Crippen LogP contribution is -2.31. The summed E-state index contributed by atoms with van der Waals surface area (Å²) in [5, 5.41) is 5.81. The third-order valence-corrected chi connectivity index (χ3v) is 4.44. The summed E-state index contributed by atoms with van der Waals surface area (Å²) in [6.45, 7) is 8.53. The summed E-state index contributed by atoms with van der Waals surface area (Å²) >= 11 is 0. The van der Waals surface area contributed by atoms with Gasteiger partial charge in [0, 0.05) is 18.3 Å². The zero-order valence-electron chi connectivity index (χ0n) is 15.8. The highest BCUT2D eigenvalue weighted by molar-refractivity contribution is 6.03. The fourth-order valence-corrected chi connectivity index (χ4v) is 3.46. The first-order valence-electron chi connectivity index (χ1n) is 9.15. The molecule has 1 aliphatic rings. The number of hydrogen-bond acceptors (Lipinski definition) is 3. The molecule has 6 nitrogen and oxygen atoms in total. The molecular formula is C20H26N4O2. The summed E-state index contributed by atoms with van der Waals surface area (Å²) in [5.41, 5.74) is 4.16. The van der Waals surface area contributed by atoms with Crippen LogP contribution in [0.25, 0.3) is 0 Å². The number of fused-ring (bicyclic) bond motifs is 1. The Morgan fingerprint density at radius 2 is 1.77 bits per heavy atom. The van der Waals surface area contributed by atoms with E-state index in [4.69, 9.17) is 0 Å². The summed E-state index contributed by atoms with van der Waals surface area (Å²) in [4.78, 5) is 29.8. The molecule has 6 heteroatoms. The molecule has 0 bridgehead atoms. The second-order valence-corrected chi connectivity index (χ2v) is 7.30. The van der Waals surface area contributed by atoms with Gasteiger partial charge in [-0.1, -0.05) is 6.07 Å². The Hall–Kier alpha value is -2.63. The summed E-state index contributed by atoms with van der Waals surface area (Å²) in [5.74, 6) is -0.175. The fourth-order valence-electron chi connectivity index (χ4n) is 3.46. The normalized spacial score (nSPS) is 13.4. The zero-order valence-corrected chi connectivity index (χ0v) is 15.8. The Bertz CT molecular complexity index is 831. The Balaban J connectivity index is 1.92. The molecule has 1 aromatic heterocycles. The van der Waals surface area contributed by atoms with Crippen LogP contribution in [-0.4, -0.2) is 27.4 Å². The highest BCUT2D eigenvalue weighted by Gasteiger charge is 2.27. The van der Waals surface area contributed by atoms with E-state index in [-0.39, 0.29) is 17.9 Å². The molecule has 1 aliphatic heterocycles. The quantitative estimate of drug-likeness (QED) is 0.885. The van der Waals surface area contributed by atoms with Crippen LogP contribution in [0.1, 0.15) is 64.6 Å². The van der Waals surface area contributed by atoms with Gasteiger partial charge in [0.25, 0.3) is 11.8 Å². The number of carbonyl (C=O) groups is 2. The van der Waals surface area contributed by atoms with Crippen LogP contribution in [0.5, 0.6) is 0 Å². The average Bonchev–Trinajstić information content (AvgIpc) is 2.93. The Morgan fingerprint density at radius 3 is 2.42 bits per heavy atom. The lowest BCUT2D eigenvalue weighted by Gasteiger charge is -2.17. The monoisotopic (exact) mass is 354 g/mol. The van der Waals surface area contributed by atoms with E-state index in [9.17, 15) is 9.59 Å². The SMILES string of the molecule is Cc1cc(C)cc(NC(=O)c2nc(C(=O)NC(C)C)c3n2CCCC3)c1. The van der Waals surface area contributed by atoms with Crippen molar-refractivity contribution >= 4 is 17.5 Å². The number of aryl methyl sites for hydroxylation is 2. The van der Waals surface area contributed by atoms with Crippen LogP contribution in [0, 0.1) is 13.8 Å². The van der Waals surface area contributed by atoms with E-state index in [2.05, 4.69) is 21.7 Å². The molecule has 2 amide bonds. The first-order chi connectivity index (χ1) is 12.3. The molecule has 0 spiro atoms. The number of anilines is 1. The van der Waals surface area contributed by atoms with Crippen molar-refractivity contribution in [1.82, 2.24) is 14.9 Å². The van der Waals surface area contributed by atoms with Gasteiger partial charge in [-0.2, -0.15) is 0 Å². The standard InChI is InChI=1S/C20H26N4O2/c1-12(2)21-19(25)17-16-7-5-6-8-24(16)18(23-17)20(26)22-15-10-13(3)9-14(4)11-15/h9-12H,5-8H2,1-4H3,(H,21,25)(H,22,26). The molecule has 2 N–H and O–H groups in total. The highest BCUT2D eigenvalue weighted by atomic mass is 16.2. The minimum atomic E-state index is -0.276. The van der Waals surface area contributed by atoms with Crippen LogP contribution in [-0.2, 0) is 13.0 Å². The highest BCUT2D eigenvalue weighted by Crippen LogP contribution is 2.22. The number of nitrogens with one attached hydrogen (secondary N) is 2. The maximum atomic E-state index is 12.8. The van der Waals surface area contributed by atoms with Crippen LogP contribution in [0.3, 0.4) is 0 Å². The van der Waals surface area contributed by atoms with Crippen molar-refractivity contribution < 1.29 is 9.59 Å². The Morgan fingerprint density at radius 1 is 1.08 bits per heavy atom. The van der Waals surface area contributed by atoms with Crippen LogP contribution < -0.4 is 10.6 Å². The lowest BCUT2D eigenvalue weighted by molar-refractivity contribution is 0.0937. The molecule has 26 heavy (non-hydrogen) atoms. The molecule has 138 valence electrons. The van der Waals surface area contributed by atoms with Gasteiger partial charge < -0.3 is 15.2 Å². The Labute approximate surface area is 154 Å². The number of benzene rings is 1. The minimum absolute atomic E-state index is 0.0241. The van der Waals surface area contributed by atoms with Gasteiger partial charge in [0.05, 0.1) is 5.69 Å². The van der Waals surface area contributed by atoms with E-state index in [1.54, 1.807) is 0 Å². The summed E-state index contributed by atoms with van der Waals surface area (Å²) < 4.78 is 1.90.